The predicted molar refractivity (Wildman–Crippen MR) is 108 cm³/mol. The van der Waals surface area contributed by atoms with Gasteiger partial charge in [-0.15, -0.1) is 0 Å². The summed E-state index contributed by atoms with van der Waals surface area (Å²) in [5, 5.41) is 4.72. The van der Waals surface area contributed by atoms with E-state index in [1.54, 1.807) is 4.68 Å². The molecule has 4 saturated carbocycles. The normalized spacial score (nSPS) is 30.0. The van der Waals surface area contributed by atoms with Gasteiger partial charge in [0.15, 0.2) is 5.65 Å². The van der Waals surface area contributed by atoms with Gasteiger partial charge >= 0.3 is 0 Å². The van der Waals surface area contributed by atoms with Crippen LogP contribution >= 0.6 is 0 Å². The third-order valence-corrected chi connectivity index (χ3v) is 7.23. The highest BCUT2D eigenvalue weighted by atomic mass is 16.2. The van der Waals surface area contributed by atoms with E-state index in [1.165, 1.54) is 36.5 Å². The van der Waals surface area contributed by atoms with Crippen molar-refractivity contribution in [1.29, 1.82) is 0 Å². The van der Waals surface area contributed by atoms with Crippen molar-refractivity contribution >= 4 is 16.9 Å². The molecule has 29 heavy (non-hydrogen) atoms. The van der Waals surface area contributed by atoms with Crippen LogP contribution in [0.3, 0.4) is 0 Å². The maximum Gasteiger partial charge on any atom is 0.283 e. The zero-order chi connectivity index (χ0) is 19.6. The maximum atomic E-state index is 13.3. The van der Waals surface area contributed by atoms with E-state index in [0.29, 0.717) is 28.8 Å². The smallest absolute Gasteiger partial charge is 0.273 e. The van der Waals surface area contributed by atoms with Crippen molar-refractivity contribution < 1.29 is 4.79 Å². The lowest BCUT2D eigenvalue weighted by Crippen LogP contribution is -2.53. The van der Waals surface area contributed by atoms with E-state index in [4.69, 9.17) is 0 Å². The average molecular weight is 389 g/mol. The molecule has 0 saturated heterocycles. The number of nitrogens with one attached hydrogen (secondary N) is 1. The molecule has 1 N–H and O–H groups in total. The Morgan fingerprint density at radius 1 is 1.03 bits per heavy atom. The molecule has 1 aromatic carbocycles. The van der Waals surface area contributed by atoms with Crippen LogP contribution < -0.4 is 11.0 Å². The fourth-order valence-electron chi connectivity index (χ4n) is 6.37. The van der Waals surface area contributed by atoms with Crippen LogP contribution in [0.2, 0.25) is 0 Å². The minimum atomic E-state index is -0.308. The predicted octanol–water partition coefficient (Wildman–Crippen LogP) is 2.87. The van der Waals surface area contributed by atoms with Crippen molar-refractivity contribution in [2.45, 2.75) is 38.5 Å². The van der Waals surface area contributed by atoms with Crippen LogP contribution in [0.1, 0.15) is 38.5 Å². The highest BCUT2D eigenvalue weighted by Crippen LogP contribution is 2.60. The topological polar surface area (TPSA) is 81.8 Å². The summed E-state index contributed by atoms with van der Waals surface area (Å²) in [5.74, 6) is 2.01. The lowest BCUT2D eigenvalue weighted by atomic mass is 9.49. The molecule has 4 bridgehead atoms. The molecule has 148 valence electrons. The van der Waals surface area contributed by atoms with Crippen molar-refractivity contribution in [3.63, 3.8) is 0 Å². The molecule has 4 aliphatic rings. The van der Waals surface area contributed by atoms with Gasteiger partial charge in [0.2, 0.25) is 5.91 Å². The molecule has 0 spiro atoms. The molecule has 7 heteroatoms. The number of hydrogen-bond donors (Lipinski definition) is 1. The molecule has 0 atom stereocenters. The molecular formula is C22H23N5O2. The molecule has 0 unspecified atom stereocenters. The van der Waals surface area contributed by atoms with Crippen LogP contribution in [-0.4, -0.2) is 25.3 Å². The molecule has 4 aliphatic carbocycles. The largest absolute Gasteiger partial charge is 0.283 e. The number of rotatable bonds is 3. The monoisotopic (exact) mass is 389 g/mol. The van der Waals surface area contributed by atoms with Gasteiger partial charge in [0.1, 0.15) is 11.7 Å². The van der Waals surface area contributed by atoms with E-state index in [1.807, 2.05) is 30.3 Å². The molecule has 0 radical (unpaired) electrons. The van der Waals surface area contributed by atoms with Crippen LogP contribution in [0.4, 0.5) is 0 Å². The molecule has 1 amide bonds. The van der Waals surface area contributed by atoms with Gasteiger partial charge in [0, 0.05) is 0 Å². The zero-order valence-electron chi connectivity index (χ0n) is 16.1. The van der Waals surface area contributed by atoms with Crippen LogP contribution in [0.5, 0.6) is 0 Å². The fraction of sp³-hybridized carbons (Fsp3) is 0.455. The Kier molecular flexibility index (Phi) is 3.52. The number of aromatic nitrogens is 4. The van der Waals surface area contributed by atoms with Gasteiger partial charge in [0.05, 0.1) is 17.3 Å². The lowest BCUT2D eigenvalue weighted by Gasteiger charge is -2.55. The third-order valence-electron chi connectivity index (χ3n) is 7.23. The maximum absolute atomic E-state index is 13.3. The number of amides is 1. The van der Waals surface area contributed by atoms with Gasteiger partial charge in [-0.05, 0) is 68.4 Å². The summed E-state index contributed by atoms with van der Waals surface area (Å²) in [4.78, 5) is 30.7. The zero-order valence-corrected chi connectivity index (χ0v) is 16.1. The quantitative estimate of drug-likeness (QED) is 0.747. The number of carbonyl (C=O) groups excluding carboxylic acids is 1. The standard InChI is InChI=1S/C22H23N5O2/c28-20-18-12-24-27(17-4-2-1-3-5-17)19(18)23-13-26(20)25-21(29)22-9-14-6-15(10-22)8-16(7-14)11-22/h1-5,12-16H,6-11H2,(H,25,29). The Bertz CT molecular complexity index is 1130. The minimum absolute atomic E-state index is 0.0182. The first-order chi connectivity index (χ1) is 14.1. The van der Waals surface area contributed by atoms with Crippen LogP contribution in [0.15, 0.2) is 47.7 Å². The van der Waals surface area contributed by atoms with E-state index >= 15 is 0 Å². The summed E-state index contributed by atoms with van der Waals surface area (Å²) >= 11 is 0. The summed E-state index contributed by atoms with van der Waals surface area (Å²) < 4.78 is 2.88. The van der Waals surface area contributed by atoms with E-state index in [9.17, 15) is 9.59 Å². The summed E-state index contributed by atoms with van der Waals surface area (Å²) in [6, 6.07) is 9.57. The Balaban J connectivity index is 1.32. The number of nitrogens with zero attached hydrogens (tertiary/aromatic N) is 4. The fourth-order valence-corrected chi connectivity index (χ4v) is 6.37. The Morgan fingerprint density at radius 3 is 2.34 bits per heavy atom. The highest BCUT2D eigenvalue weighted by Gasteiger charge is 2.54. The molecule has 7 nitrogen and oxygen atoms in total. The van der Waals surface area contributed by atoms with E-state index in [2.05, 4.69) is 15.5 Å². The van der Waals surface area contributed by atoms with E-state index in [0.717, 1.165) is 24.9 Å². The second-order valence-corrected chi connectivity index (χ2v) is 9.19. The molecule has 3 aromatic rings. The molecule has 2 aromatic heterocycles. The first-order valence-corrected chi connectivity index (χ1v) is 10.4. The molecule has 4 fully saturated rings. The van der Waals surface area contributed by atoms with Crippen molar-refractivity contribution in [3.8, 4) is 5.69 Å². The van der Waals surface area contributed by atoms with Crippen molar-refractivity contribution in [2.24, 2.45) is 23.2 Å². The Morgan fingerprint density at radius 2 is 1.69 bits per heavy atom. The van der Waals surface area contributed by atoms with Crippen LogP contribution in [-0.2, 0) is 4.79 Å². The van der Waals surface area contributed by atoms with Gasteiger partial charge in [-0.2, -0.15) is 5.10 Å². The van der Waals surface area contributed by atoms with Gasteiger partial charge in [-0.3, -0.25) is 15.0 Å². The summed E-state index contributed by atoms with van der Waals surface area (Å²) in [6.45, 7) is 0. The van der Waals surface area contributed by atoms with Crippen LogP contribution in [0.25, 0.3) is 16.7 Å². The SMILES string of the molecule is O=C(Nn1cnc2c(cnn2-c2ccccc2)c1=O)C12CC3CC(CC(C3)C1)C2. The van der Waals surface area contributed by atoms with Gasteiger partial charge in [0.25, 0.3) is 5.56 Å². The van der Waals surface area contributed by atoms with Crippen molar-refractivity contribution in [2.75, 3.05) is 5.43 Å². The summed E-state index contributed by atoms with van der Waals surface area (Å²) in [6.07, 6.45) is 9.63. The number of hydrogen-bond acceptors (Lipinski definition) is 4. The Labute approximate surface area is 167 Å². The first-order valence-electron chi connectivity index (χ1n) is 10.4. The third kappa shape index (κ3) is 2.56. The van der Waals surface area contributed by atoms with Gasteiger partial charge in [-0.25, -0.2) is 14.3 Å². The first kappa shape index (κ1) is 16.9. The lowest BCUT2D eigenvalue weighted by molar-refractivity contribution is -0.141. The second-order valence-electron chi connectivity index (χ2n) is 9.19. The second kappa shape index (κ2) is 6.02. The molecular weight excluding hydrogens is 366 g/mol. The number of carbonyl (C=O) groups is 1. The van der Waals surface area contributed by atoms with Gasteiger partial charge in [-0.1, -0.05) is 18.2 Å². The summed E-state index contributed by atoms with van der Waals surface area (Å²) in [7, 11) is 0. The molecule has 0 aliphatic heterocycles. The highest BCUT2D eigenvalue weighted by molar-refractivity contribution is 5.90. The van der Waals surface area contributed by atoms with Gasteiger partial charge < -0.3 is 0 Å². The van der Waals surface area contributed by atoms with Crippen molar-refractivity contribution in [1.82, 2.24) is 19.4 Å². The van der Waals surface area contributed by atoms with E-state index in [-0.39, 0.29) is 16.9 Å². The van der Waals surface area contributed by atoms with Crippen molar-refractivity contribution in [3.05, 3.63) is 53.2 Å². The molecule has 2 heterocycles. The molecule has 7 rings (SSSR count). The van der Waals surface area contributed by atoms with E-state index < -0.39 is 0 Å². The van der Waals surface area contributed by atoms with Crippen LogP contribution in [0, 0.1) is 23.2 Å². The summed E-state index contributed by atoms with van der Waals surface area (Å²) in [5.41, 5.74) is 3.60. The minimum Gasteiger partial charge on any atom is -0.273 e. The number of fused-ring (bicyclic) bond motifs is 1. The number of para-hydroxylation sites is 1. The average Bonchev–Trinajstić information content (AvgIpc) is 3.14. The Hall–Kier alpha value is -2.96. The number of benzene rings is 1.